The molecule has 0 nitrogen and oxygen atoms in total. The van der Waals surface area contributed by atoms with E-state index < -0.39 is 0 Å². The van der Waals surface area contributed by atoms with Crippen molar-refractivity contribution in [2.75, 3.05) is 5.33 Å². The van der Waals surface area contributed by atoms with Crippen LogP contribution in [0.5, 0.6) is 0 Å². The van der Waals surface area contributed by atoms with Crippen molar-refractivity contribution >= 4 is 15.9 Å². The van der Waals surface area contributed by atoms with Crippen molar-refractivity contribution in [2.45, 2.75) is 51.9 Å². The van der Waals surface area contributed by atoms with Crippen LogP contribution in [-0.4, -0.2) is 5.33 Å². The lowest BCUT2D eigenvalue weighted by atomic mass is 9.73. The SMILES string of the molecule is CCCC1(CBr)CCCCC1. The third kappa shape index (κ3) is 2.47. The van der Waals surface area contributed by atoms with E-state index in [1.54, 1.807) is 0 Å². The summed E-state index contributed by atoms with van der Waals surface area (Å²) in [6.45, 7) is 2.30. The highest BCUT2D eigenvalue weighted by atomic mass is 79.9. The van der Waals surface area contributed by atoms with Gasteiger partial charge in [0.25, 0.3) is 0 Å². The topological polar surface area (TPSA) is 0 Å². The molecule has 0 heterocycles. The van der Waals surface area contributed by atoms with Crippen LogP contribution in [0.15, 0.2) is 0 Å². The molecule has 1 aliphatic rings. The summed E-state index contributed by atoms with van der Waals surface area (Å²) in [5.74, 6) is 0. The van der Waals surface area contributed by atoms with Gasteiger partial charge in [0.1, 0.15) is 0 Å². The number of alkyl halides is 1. The Labute approximate surface area is 78.9 Å². The van der Waals surface area contributed by atoms with Crippen LogP contribution in [0, 0.1) is 5.41 Å². The molecule has 0 unspecified atom stereocenters. The number of halogens is 1. The predicted molar refractivity (Wildman–Crippen MR) is 54.2 cm³/mol. The Hall–Kier alpha value is 0.480. The highest BCUT2D eigenvalue weighted by Gasteiger charge is 2.29. The van der Waals surface area contributed by atoms with E-state index in [4.69, 9.17) is 0 Å². The van der Waals surface area contributed by atoms with Gasteiger partial charge in [0.05, 0.1) is 0 Å². The van der Waals surface area contributed by atoms with Crippen molar-refractivity contribution in [3.8, 4) is 0 Å². The minimum Gasteiger partial charge on any atom is -0.0922 e. The largest absolute Gasteiger partial charge is 0.0922 e. The molecule has 0 aromatic rings. The first-order chi connectivity index (χ1) is 5.33. The van der Waals surface area contributed by atoms with E-state index in [2.05, 4.69) is 22.9 Å². The van der Waals surface area contributed by atoms with Gasteiger partial charge in [0, 0.05) is 5.33 Å². The normalized spacial score (nSPS) is 23.5. The van der Waals surface area contributed by atoms with Crippen molar-refractivity contribution in [1.29, 1.82) is 0 Å². The standard InChI is InChI=1S/C10H19Br/c1-2-6-10(9-11)7-4-3-5-8-10/h2-9H2,1H3. The Morgan fingerprint density at radius 2 is 1.82 bits per heavy atom. The first kappa shape index (κ1) is 9.57. The maximum atomic E-state index is 3.67. The van der Waals surface area contributed by atoms with E-state index in [1.165, 1.54) is 50.3 Å². The maximum Gasteiger partial charge on any atom is 0.00879 e. The van der Waals surface area contributed by atoms with Gasteiger partial charge < -0.3 is 0 Å². The minimum atomic E-state index is 0.688. The monoisotopic (exact) mass is 218 g/mol. The zero-order valence-corrected chi connectivity index (χ0v) is 9.12. The van der Waals surface area contributed by atoms with Crippen molar-refractivity contribution in [2.24, 2.45) is 5.41 Å². The molecule has 0 atom stereocenters. The van der Waals surface area contributed by atoms with Crippen molar-refractivity contribution in [3.63, 3.8) is 0 Å². The first-order valence-corrected chi connectivity index (χ1v) is 6.01. The zero-order chi connectivity index (χ0) is 8.16. The number of rotatable bonds is 3. The van der Waals surface area contributed by atoms with Crippen molar-refractivity contribution in [1.82, 2.24) is 0 Å². The molecule has 0 spiro atoms. The summed E-state index contributed by atoms with van der Waals surface area (Å²) >= 11 is 3.67. The van der Waals surface area contributed by atoms with Gasteiger partial charge in [0.2, 0.25) is 0 Å². The third-order valence-electron chi connectivity index (χ3n) is 2.98. The number of hydrogen-bond acceptors (Lipinski definition) is 0. The van der Waals surface area contributed by atoms with E-state index in [0.717, 1.165) is 0 Å². The molecule has 0 aromatic carbocycles. The van der Waals surface area contributed by atoms with Gasteiger partial charge in [-0.2, -0.15) is 0 Å². The minimum absolute atomic E-state index is 0.688. The lowest BCUT2D eigenvalue weighted by molar-refractivity contribution is 0.205. The molecule has 66 valence electrons. The highest BCUT2D eigenvalue weighted by Crippen LogP contribution is 2.41. The molecule has 1 heteroatoms. The Balaban J connectivity index is 2.42. The Morgan fingerprint density at radius 1 is 1.18 bits per heavy atom. The molecule has 0 saturated heterocycles. The predicted octanol–water partition coefficient (Wildman–Crippen LogP) is 4.13. The van der Waals surface area contributed by atoms with E-state index in [0.29, 0.717) is 5.41 Å². The Morgan fingerprint density at radius 3 is 2.27 bits per heavy atom. The summed E-state index contributed by atoms with van der Waals surface area (Å²) in [5.41, 5.74) is 0.688. The van der Waals surface area contributed by atoms with Crippen LogP contribution in [-0.2, 0) is 0 Å². The molecule has 0 amide bonds. The second kappa shape index (κ2) is 4.49. The molecule has 1 aliphatic carbocycles. The molecule has 1 fully saturated rings. The fourth-order valence-electron chi connectivity index (χ4n) is 2.28. The summed E-state index contributed by atoms with van der Waals surface area (Å²) < 4.78 is 0. The van der Waals surface area contributed by atoms with E-state index >= 15 is 0 Å². The van der Waals surface area contributed by atoms with Crippen LogP contribution in [0.25, 0.3) is 0 Å². The summed E-state index contributed by atoms with van der Waals surface area (Å²) in [7, 11) is 0. The molecule has 0 aliphatic heterocycles. The van der Waals surface area contributed by atoms with Crippen LogP contribution in [0.3, 0.4) is 0 Å². The Kier molecular flexibility index (Phi) is 3.91. The van der Waals surface area contributed by atoms with Crippen LogP contribution in [0.4, 0.5) is 0 Å². The molecule has 0 bridgehead atoms. The van der Waals surface area contributed by atoms with Gasteiger partial charge in [0.15, 0.2) is 0 Å². The molecule has 0 aromatic heterocycles. The summed E-state index contributed by atoms with van der Waals surface area (Å²) in [6, 6.07) is 0. The van der Waals surface area contributed by atoms with Crippen LogP contribution in [0.1, 0.15) is 51.9 Å². The van der Waals surface area contributed by atoms with Crippen LogP contribution >= 0.6 is 15.9 Å². The van der Waals surface area contributed by atoms with Gasteiger partial charge in [-0.1, -0.05) is 48.5 Å². The van der Waals surface area contributed by atoms with Gasteiger partial charge in [-0.25, -0.2) is 0 Å². The van der Waals surface area contributed by atoms with E-state index in [1.807, 2.05) is 0 Å². The molecule has 11 heavy (non-hydrogen) atoms. The molecule has 0 radical (unpaired) electrons. The fourth-order valence-corrected chi connectivity index (χ4v) is 3.12. The van der Waals surface area contributed by atoms with E-state index in [-0.39, 0.29) is 0 Å². The summed E-state index contributed by atoms with van der Waals surface area (Å²) in [5, 5.41) is 1.23. The second-order valence-electron chi connectivity index (χ2n) is 3.94. The van der Waals surface area contributed by atoms with Crippen molar-refractivity contribution < 1.29 is 0 Å². The van der Waals surface area contributed by atoms with Gasteiger partial charge in [-0.3, -0.25) is 0 Å². The quantitative estimate of drug-likeness (QED) is 0.626. The third-order valence-corrected chi connectivity index (χ3v) is 4.17. The lowest BCUT2D eigenvalue weighted by Crippen LogP contribution is -2.25. The first-order valence-electron chi connectivity index (χ1n) is 4.89. The van der Waals surface area contributed by atoms with Gasteiger partial charge >= 0.3 is 0 Å². The molecule has 1 saturated carbocycles. The van der Waals surface area contributed by atoms with Crippen molar-refractivity contribution in [3.05, 3.63) is 0 Å². The average molecular weight is 219 g/mol. The van der Waals surface area contributed by atoms with Crippen LogP contribution < -0.4 is 0 Å². The summed E-state index contributed by atoms with van der Waals surface area (Å²) in [6.07, 6.45) is 10.1. The fraction of sp³-hybridized carbons (Fsp3) is 1.00. The van der Waals surface area contributed by atoms with Gasteiger partial charge in [-0.15, -0.1) is 0 Å². The maximum absolute atomic E-state index is 3.67. The Bertz CT molecular complexity index is 97.9. The molecule has 0 N–H and O–H groups in total. The smallest absolute Gasteiger partial charge is 0.00879 e. The second-order valence-corrected chi connectivity index (χ2v) is 4.51. The molecular formula is C10H19Br. The van der Waals surface area contributed by atoms with E-state index in [9.17, 15) is 0 Å². The molecular weight excluding hydrogens is 200 g/mol. The average Bonchev–Trinajstić information content (AvgIpc) is 2.07. The highest BCUT2D eigenvalue weighted by molar-refractivity contribution is 9.09. The lowest BCUT2D eigenvalue weighted by Gasteiger charge is -2.35. The zero-order valence-electron chi connectivity index (χ0n) is 7.53. The molecule has 1 rings (SSSR count). The summed E-state index contributed by atoms with van der Waals surface area (Å²) in [4.78, 5) is 0. The van der Waals surface area contributed by atoms with Gasteiger partial charge in [-0.05, 0) is 24.7 Å². The number of hydrogen-bond donors (Lipinski definition) is 0. The van der Waals surface area contributed by atoms with Crippen LogP contribution in [0.2, 0.25) is 0 Å².